The monoisotopic (exact) mass is 262 g/mol. The van der Waals surface area contributed by atoms with Crippen LogP contribution < -0.4 is 0 Å². The SMILES string of the molecule is [2H]C([2H])([2H])c1ccc(-c2cc(-c3ccccc3)c(C)cn2)cc1. The van der Waals surface area contributed by atoms with Gasteiger partial charge in [0.2, 0.25) is 0 Å². The maximum Gasteiger partial charge on any atom is 0.0708 e. The summed E-state index contributed by atoms with van der Waals surface area (Å²) in [5.41, 5.74) is 5.49. The van der Waals surface area contributed by atoms with Gasteiger partial charge in [0.05, 0.1) is 5.69 Å². The maximum absolute atomic E-state index is 7.44. The van der Waals surface area contributed by atoms with Crippen LogP contribution in [0.3, 0.4) is 0 Å². The Bertz CT molecular complexity index is 806. The molecule has 3 aromatic rings. The summed E-state index contributed by atoms with van der Waals surface area (Å²) in [6.45, 7) is -0.0364. The molecule has 1 heterocycles. The van der Waals surface area contributed by atoms with Crippen molar-refractivity contribution in [3.05, 3.63) is 78.0 Å². The Labute approximate surface area is 124 Å². The Balaban J connectivity index is 2.01. The van der Waals surface area contributed by atoms with E-state index in [2.05, 4.69) is 23.2 Å². The summed E-state index contributed by atoms with van der Waals surface area (Å²) in [7, 11) is 0. The number of hydrogen-bond acceptors (Lipinski definition) is 1. The zero-order valence-corrected chi connectivity index (χ0v) is 11.3. The first-order valence-electron chi connectivity index (χ1n) is 8.08. The van der Waals surface area contributed by atoms with E-state index in [1.807, 2.05) is 43.5 Å². The van der Waals surface area contributed by atoms with E-state index in [1.165, 1.54) is 0 Å². The van der Waals surface area contributed by atoms with Crippen LogP contribution >= 0.6 is 0 Å². The molecule has 0 aliphatic heterocycles. The van der Waals surface area contributed by atoms with Crippen LogP contribution in [-0.4, -0.2) is 4.98 Å². The van der Waals surface area contributed by atoms with Gasteiger partial charge >= 0.3 is 0 Å². The van der Waals surface area contributed by atoms with Gasteiger partial charge in [-0.05, 0) is 36.5 Å². The van der Waals surface area contributed by atoms with Crippen molar-refractivity contribution in [3.63, 3.8) is 0 Å². The van der Waals surface area contributed by atoms with Gasteiger partial charge in [-0.1, -0.05) is 60.2 Å². The molecular weight excluding hydrogens is 242 g/mol. The van der Waals surface area contributed by atoms with Crippen LogP contribution in [0.1, 0.15) is 15.2 Å². The molecule has 1 aromatic heterocycles. The van der Waals surface area contributed by atoms with Crippen LogP contribution in [0.25, 0.3) is 22.4 Å². The number of aryl methyl sites for hydroxylation is 2. The second-order valence-electron chi connectivity index (χ2n) is 4.83. The van der Waals surface area contributed by atoms with E-state index in [1.54, 1.807) is 12.1 Å². The summed E-state index contributed by atoms with van der Waals surface area (Å²) in [5, 5.41) is 0. The summed E-state index contributed by atoms with van der Waals surface area (Å²) < 4.78 is 22.3. The Hall–Kier alpha value is -2.41. The molecule has 1 heteroatoms. The van der Waals surface area contributed by atoms with Crippen molar-refractivity contribution in [2.45, 2.75) is 13.8 Å². The fourth-order valence-electron chi connectivity index (χ4n) is 2.25. The summed E-state index contributed by atoms with van der Waals surface area (Å²) in [6, 6.07) is 19.1. The molecule has 0 fully saturated rings. The van der Waals surface area contributed by atoms with E-state index in [4.69, 9.17) is 4.11 Å². The van der Waals surface area contributed by atoms with E-state index in [9.17, 15) is 0 Å². The quantitative estimate of drug-likeness (QED) is 0.631. The highest BCUT2D eigenvalue weighted by atomic mass is 14.7. The first kappa shape index (κ1) is 9.49. The molecule has 3 rings (SSSR count). The molecule has 0 aliphatic carbocycles. The molecule has 20 heavy (non-hydrogen) atoms. The van der Waals surface area contributed by atoms with E-state index >= 15 is 0 Å². The third-order valence-corrected chi connectivity index (χ3v) is 3.37. The minimum atomic E-state index is -2.07. The molecule has 98 valence electrons. The van der Waals surface area contributed by atoms with Crippen molar-refractivity contribution in [2.24, 2.45) is 0 Å². The van der Waals surface area contributed by atoms with Gasteiger partial charge < -0.3 is 0 Å². The minimum absolute atomic E-state index is 0.344. The van der Waals surface area contributed by atoms with E-state index in [0.29, 0.717) is 5.56 Å². The van der Waals surface area contributed by atoms with Crippen LogP contribution in [-0.2, 0) is 0 Å². The Kier molecular flexibility index (Phi) is 2.51. The lowest BCUT2D eigenvalue weighted by Crippen LogP contribution is -1.89. The molecule has 0 unspecified atom stereocenters. The van der Waals surface area contributed by atoms with Crippen molar-refractivity contribution in [2.75, 3.05) is 0 Å². The summed E-state index contributed by atoms with van der Waals surface area (Å²) >= 11 is 0. The lowest BCUT2D eigenvalue weighted by molar-refractivity contribution is 1.27. The zero-order chi connectivity index (χ0) is 16.4. The number of rotatable bonds is 2. The fraction of sp³-hybridized carbons (Fsp3) is 0.105. The topological polar surface area (TPSA) is 12.9 Å². The predicted molar refractivity (Wildman–Crippen MR) is 84.6 cm³/mol. The Morgan fingerprint density at radius 3 is 2.35 bits per heavy atom. The molecule has 0 spiro atoms. The van der Waals surface area contributed by atoms with E-state index in [0.717, 1.165) is 27.9 Å². The molecule has 0 saturated carbocycles. The van der Waals surface area contributed by atoms with Crippen LogP contribution in [0.15, 0.2) is 66.9 Å². The number of pyridine rings is 1. The average Bonchev–Trinajstić information content (AvgIpc) is 2.55. The molecule has 0 atom stereocenters. The molecule has 2 aromatic carbocycles. The van der Waals surface area contributed by atoms with Gasteiger partial charge in [0, 0.05) is 15.9 Å². The minimum Gasteiger partial charge on any atom is -0.256 e. The zero-order valence-electron chi connectivity index (χ0n) is 14.3. The van der Waals surface area contributed by atoms with Crippen molar-refractivity contribution in [3.8, 4) is 22.4 Å². The number of nitrogens with zero attached hydrogens (tertiary/aromatic N) is 1. The van der Waals surface area contributed by atoms with Gasteiger partial charge in [-0.2, -0.15) is 0 Å². The molecule has 0 saturated heterocycles. The summed E-state index contributed by atoms with van der Waals surface area (Å²) in [5.74, 6) is 0. The Morgan fingerprint density at radius 1 is 0.900 bits per heavy atom. The third-order valence-electron chi connectivity index (χ3n) is 3.37. The second kappa shape index (κ2) is 5.30. The number of aromatic nitrogens is 1. The first-order valence-corrected chi connectivity index (χ1v) is 6.58. The third kappa shape index (κ3) is 2.48. The van der Waals surface area contributed by atoms with Gasteiger partial charge in [-0.3, -0.25) is 4.98 Å². The average molecular weight is 262 g/mol. The largest absolute Gasteiger partial charge is 0.256 e. The van der Waals surface area contributed by atoms with Gasteiger partial charge in [-0.15, -0.1) is 0 Å². The van der Waals surface area contributed by atoms with Crippen molar-refractivity contribution >= 4 is 0 Å². The molecule has 0 N–H and O–H groups in total. The molecule has 0 amide bonds. The summed E-state index contributed by atoms with van der Waals surface area (Å²) in [4.78, 5) is 4.49. The van der Waals surface area contributed by atoms with E-state index < -0.39 is 6.85 Å². The normalized spacial score (nSPS) is 13.3. The second-order valence-corrected chi connectivity index (χ2v) is 4.83. The molecule has 0 radical (unpaired) electrons. The van der Waals surface area contributed by atoms with Crippen molar-refractivity contribution in [1.29, 1.82) is 0 Å². The Morgan fingerprint density at radius 2 is 1.65 bits per heavy atom. The predicted octanol–water partition coefficient (Wildman–Crippen LogP) is 5.03. The highest BCUT2D eigenvalue weighted by Crippen LogP contribution is 2.27. The number of benzene rings is 2. The number of hydrogen-bond donors (Lipinski definition) is 0. The van der Waals surface area contributed by atoms with Crippen LogP contribution in [0.5, 0.6) is 0 Å². The first-order chi connectivity index (χ1) is 10.9. The molecular formula is C19H17N. The van der Waals surface area contributed by atoms with Crippen molar-refractivity contribution < 1.29 is 4.11 Å². The lowest BCUT2D eigenvalue weighted by atomic mass is 9.99. The van der Waals surface area contributed by atoms with Crippen molar-refractivity contribution in [1.82, 2.24) is 4.98 Å². The van der Waals surface area contributed by atoms with Crippen LogP contribution in [0, 0.1) is 13.8 Å². The van der Waals surface area contributed by atoms with Gasteiger partial charge in [0.1, 0.15) is 0 Å². The van der Waals surface area contributed by atoms with Gasteiger partial charge in [0.15, 0.2) is 0 Å². The van der Waals surface area contributed by atoms with Gasteiger partial charge in [-0.25, -0.2) is 0 Å². The van der Waals surface area contributed by atoms with Crippen LogP contribution in [0.4, 0.5) is 0 Å². The lowest BCUT2D eigenvalue weighted by Gasteiger charge is -2.09. The summed E-state index contributed by atoms with van der Waals surface area (Å²) in [6.07, 6.45) is 1.86. The van der Waals surface area contributed by atoms with Gasteiger partial charge in [0.25, 0.3) is 0 Å². The molecule has 1 nitrogen and oxygen atoms in total. The van der Waals surface area contributed by atoms with E-state index in [-0.39, 0.29) is 0 Å². The highest BCUT2D eigenvalue weighted by Gasteiger charge is 2.05. The molecule has 0 bridgehead atoms. The highest BCUT2D eigenvalue weighted by molar-refractivity contribution is 5.72. The standard InChI is InChI=1S/C19H17N/c1-14-8-10-17(11-9-14)19-12-18(15(2)13-20-19)16-6-4-3-5-7-16/h3-13H,1-2H3/i1D3. The van der Waals surface area contributed by atoms with Crippen LogP contribution in [0.2, 0.25) is 0 Å². The maximum atomic E-state index is 7.44. The molecule has 0 aliphatic rings. The fourth-order valence-corrected chi connectivity index (χ4v) is 2.25. The smallest absolute Gasteiger partial charge is 0.0708 e.